The zero-order valence-electron chi connectivity index (χ0n) is 8.92. The second kappa shape index (κ2) is 5.86. The van der Waals surface area contributed by atoms with Crippen LogP contribution in [0.3, 0.4) is 0 Å². The van der Waals surface area contributed by atoms with Crippen molar-refractivity contribution < 1.29 is 4.79 Å². The molecule has 0 aliphatic carbocycles. The molecule has 0 aromatic carbocycles. The molecule has 88 valence electrons. The van der Waals surface area contributed by atoms with Gasteiger partial charge in [-0.25, -0.2) is 4.79 Å². The van der Waals surface area contributed by atoms with Crippen LogP contribution >= 0.6 is 0 Å². The normalized spacial score (nSPS) is 10.1. The van der Waals surface area contributed by atoms with Crippen molar-refractivity contribution in [1.29, 1.82) is 0 Å². The summed E-state index contributed by atoms with van der Waals surface area (Å²) in [6, 6.07) is 0. The highest BCUT2D eigenvalue weighted by Gasteiger charge is 2.09. The molecule has 7 heteroatoms. The Hall–Kier alpha value is -1.89. The maximum Gasteiger partial charge on any atom is 0.325 e. The zero-order chi connectivity index (χ0) is 12.0. The minimum Gasteiger partial charge on any atom is -0.351 e. The molecule has 1 aromatic heterocycles. The van der Waals surface area contributed by atoms with Gasteiger partial charge in [0.05, 0.1) is 0 Å². The molecule has 0 aliphatic heterocycles. The summed E-state index contributed by atoms with van der Waals surface area (Å²) in [5.41, 5.74) is -1.42. The number of hydrogen-bond donors (Lipinski definition) is 4. The Balaban J connectivity index is 2.60. The van der Waals surface area contributed by atoms with Crippen LogP contribution in [0, 0.1) is 0 Å². The van der Waals surface area contributed by atoms with Gasteiger partial charge in [0.2, 0.25) is 0 Å². The molecule has 0 radical (unpaired) electrons. The smallest absolute Gasteiger partial charge is 0.325 e. The summed E-state index contributed by atoms with van der Waals surface area (Å²) in [7, 11) is 0. The third-order valence-corrected chi connectivity index (χ3v) is 1.90. The molecule has 0 spiro atoms. The van der Waals surface area contributed by atoms with Crippen molar-refractivity contribution >= 4 is 5.91 Å². The first-order valence-electron chi connectivity index (χ1n) is 4.96. The lowest BCUT2D eigenvalue weighted by molar-refractivity contribution is 0.0952. The predicted molar refractivity (Wildman–Crippen MR) is 58.6 cm³/mol. The molecule has 0 unspecified atom stereocenters. The molecular formula is C9H14N4O3. The van der Waals surface area contributed by atoms with Gasteiger partial charge in [0.15, 0.2) is 0 Å². The highest BCUT2D eigenvalue weighted by molar-refractivity contribution is 5.93. The molecule has 0 saturated carbocycles. The maximum absolute atomic E-state index is 11.5. The number of carbonyl (C=O) groups is 1. The van der Waals surface area contributed by atoms with Crippen LogP contribution in [-0.4, -0.2) is 35.5 Å². The van der Waals surface area contributed by atoms with Crippen LogP contribution in [0.5, 0.6) is 0 Å². The topological polar surface area (TPSA) is 107 Å². The van der Waals surface area contributed by atoms with E-state index in [1.807, 2.05) is 11.9 Å². The lowest BCUT2D eigenvalue weighted by Gasteiger charge is -2.04. The summed E-state index contributed by atoms with van der Waals surface area (Å²) in [6.45, 7) is 3.82. The fraction of sp³-hybridized carbons (Fsp3) is 0.444. The van der Waals surface area contributed by atoms with Crippen molar-refractivity contribution in [2.45, 2.75) is 6.92 Å². The molecule has 0 bridgehead atoms. The third-order valence-electron chi connectivity index (χ3n) is 1.90. The second-order valence-corrected chi connectivity index (χ2v) is 3.10. The van der Waals surface area contributed by atoms with Crippen LogP contribution in [0.25, 0.3) is 0 Å². The van der Waals surface area contributed by atoms with Crippen LogP contribution < -0.4 is 21.9 Å². The number of aromatic nitrogens is 2. The fourth-order valence-electron chi connectivity index (χ4n) is 1.11. The Morgan fingerprint density at radius 1 is 1.38 bits per heavy atom. The number of likely N-dealkylation sites (N-methyl/N-ethyl adjacent to an activating group) is 1. The Morgan fingerprint density at radius 2 is 2.12 bits per heavy atom. The number of amides is 1. The number of H-pyrrole nitrogens is 2. The Labute approximate surface area is 91.3 Å². The Bertz CT molecular complexity index is 462. The molecule has 1 amide bonds. The van der Waals surface area contributed by atoms with Crippen LogP contribution in [0.15, 0.2) is 15.8 Å². The summed E-state index contributed by atoms with van der Waals surface area (Å²) in [6.07, 6.45) is 1.10. The average molecular weight is 226 g/mol. The van der Waals surface area contributed by atoms with Gasteiger partial charge in [-0.2, -0.15) is 0 Å². The lowest BCUT2D eigenvalue weighted by atomic mass is 10.3. The standard InChI is InChI=1S/C9H14N4O3/c1-2-10-3-4-11-7(14)6-5-12-9(16)13-8(6)15/h5,10H,2-4H2,1H3,(H,11,14)(H2,12,13,15,16). The number of nitrogens with one attached hydrogen (secondary N) is 4. The molecular weight excluding hydrogens is 212 g/mol. The van der Waals surface area contributed by atoms with E-state index in [1.165, 1.54) is 0 Å². The van der Waals surface area contributed by atoms with E-state index in [0.29, 0.717) is 13.1 Å². The van der Waals surface area contributed by atoms with Crippen molar-refractivity contribution in [1.82, 2.24) is 20.6 Å². The molecule has 1 aromatic rings. The first-order chi connectivity index (χ1) is 7.65. The average Bonchev–Trinajstić information content (AvgIpc) is 2.24. The number of aromatic amines is 2. The van der Waals surface area contributed by atoms with Crippen LogP contribution in [-0.2, 0) is 0 Å². The molecule has 7 nitrogen and oxygen atoms in total. The zero-order valence-corrected chi connectivity index (χ0v) is 8.92. The predicted octanol–water partition coefficient (Wildman–Crippen LogP) is -1.60. The van der Waals surface area contributed by atoms with E-state index >= 15 is 0 Å². The fourth-order valence-corrected chi connectivity index (χ4v) is 1.11. The number of carbonyl (C=O) groups excluding carboxylic acids is 1. The monoisotopic (exact) mass is 226 g/mol. The summed E-state index contributed by atoms with van der Waals surface area (Å²) >= 11 is 0. The van der Waals surface area contributed by atoms with Gasteiger partial charge in [0, 0.05) is 19.3 Å². The van der Waals surface area contributed by atoms with Gasteiger partial charge in [0.1, 0.15) is 5.56 Å². The lowest BCUT2D eigenvalue weighted by Crippen LogP contribution is -2.36. The highest BCUT2D eigenvalue weighted by atomic mass is 16.2. The largest absolute Gasteiger partial charge is 0.351 e. The third kappa shape index (κ3) is 3.35. The van der Waals surface area contributed by atoms with Crippen LogP contribution in [0.4, 0.5) is 0 Å². The molecule has 0 saturated heterocycles. The van der Waals surface area contributed by atoms with Crippen molar-refractivity contribution in [3.05, 3.63) is 32.6 Å². The van der Waals surface area contributed by atoms with Gasteiger partial charge in [0.25, 0.3) is 11.5 Å². The number of hydrogen-bond acceptors (Lipinski definition) is 4. The second-order valence-electron chi connectivity index (χ2n) is 3.10. The summed E-state index contributed by atoms with van der Waals surface area (Å²) in [5, 5.41) is 5.57. The first kappa shape index (κ1) is 12.2. The van der Waals surface area contributed by atoms with E-state index in [2.05, 4.69) is 15.6 Å². The van der Waals surface area contributed by atoms with Gasteiger partial charge < -0.3 is 15.6 Å². The quantitative estimate of drug-likeness (QED) is 0.454. The first-order valence-corrected chi connectivity index (χ1v) is 4.96. The van der Waals surface area contributed by atoms with Crippen molar-refractivity contribution in [3.8, 4) is 0 Å². The van der Waals surface area contributed by atoms with Gasteiger partial charge in [-0.1, -0.05) is 6.92 Å². The number of rotatable bonds is 5. The molecule has 4 N–H and O–H groups in total. The molecule has 0 fully saturated rings. The van der Waals surface area contributed by atoms with E-state index < -0.39 is 17.2 Å². The van der Waals surface area contributed by atoms with Crippen molar-refractivity contribution in [3.63, 3.8) is 0 Å². The molecule has 0 aliphatic rings. The van der Waals surface area contributed by atoms with Crippen molar-refractivity contribution in [2.75, 3.05) is 19.6 Å². The van der Waals surface area contributed by atoms with Gasteiger partial charge in [-0.15, -0.1) is 0 Å². The van der Waals surface area contributed by atoms with E-state index in [-0.39, 0.29) is 5.56 Å². The molecule has 16 heavy (non-hydrogen) atoms. The maximum atomic E-state index is 11.5. The van der Waals surface area contributed by atoms with E-state index in [9.17, 15) is 14.4 Å². The van der Waals surface area contributed by atoms with E-state index in [1.54, 1.807) is 0 Å². The van der Waals surface area contributed by atoms with Crippen molar-refractivity contribution in [2.24, 2.45) is 0 Å². The Morgan fingerprint density at radius 3 is 2.75 bits per heavy atom. The summed E-state index contributed by atoms with van der Waals surface area (Å²) in [4.78, 5) is 37.6. The minimum atomic E-state index is -0.690. The van der Waals surface area contributed by atoms with Crippen LogP contribution in [0.2, 0.25) is 0 Å². The highest BCUT2D eigenvalue weighted by Crippen LogP contribution is 1.83. The van der Waals surface area contributed by atoms with Gasteiger partial charge in [-0.05, 0) is 6.54 Å². The van der Waals surface area contributed by atoms with E-state index in [4.69, 9.17) is 0 Å². The molecule has 1 heterocycles. The van der Waals surface area contributed by atoms with Crippen LogP contribution in [0.1, 0.15) is 17.3 Å². The van der Waals surface area contributed by atoms with Gasteiger partial charge >= 0.3 is 5.69 Å². The Kier molecular flexibility index (Phi) is 4.46. The summed E-state index contributed by atoms with van der Waals surface area (Å²) < 4.78 is 0. The molecule has 1 rings (SSSR count). The van der Waals surface area contributed by atoms with E-state index in [0.717, 1.165) is 12.7 Å². The summed E-state index contributed by atoms with van der Waals surface area (Å²) in [5.74, 6) is -0.504. The molecule has 0 atom stereocenters. The SMILES string of the molecule is CCNCCNC(=O)c1c[nH]c(=O)[nH]c1=O. The van der Waals surface area contributed by atoms with Gasteiger partial charge in [-0.3, -0.25) is 14.6 Å². The minimum absolute atomic E-state index is 0.101.